The van der Waals surface area contributed by atoms with Crippen molar-refractivity contribution in [1.29, 1.82) is 0 Å². The first-order chi connectivity index (χ1) is 20.0. The Balaban J connectivity index is 1.31. The van der Waals surface area contributed by atoms with Crippen LogP contribution in [0.1, 0.15) is 29.0 Å². The number of halogens is 1. The molecule has 41 heavy (non-hydrogen) atoms. The summed E-state index contributed by atoms with van der Waals surface area (Å²) in [5.41, 5.74) is 3.42. The topological polar surface area (TPSA) is 72.7 Å². The zero-order valence-corrected chi connectivity index (χ0v) is 24.3. The van der Waals surface area contributed by atoms with Gasteiger partial charge in [-0.15, -0.1) is 11.3 Å². The lowest BCUT2D eigenvalue weighted by Crippen LogP contribution is -2.40. The van der Waals surface area contributed by atoms with E-state index >= 15 is 0 Å². The number of nitrogens with zero attached hydrogens (tertiary/aromatic N) is 2. The third kappa shape index (κ3) is 5.81. The third-order valence-corrected chi connectivity index (χ3v) is 8.77. The van der Waals surface area contributed by atoms with E-state index in [-0.39, 0.29) is 11.5 Å². The molecule has 1 amide bonds. The number of fused-ring (bicyclic) bond motifs is 1. The van der Waals surface area contributed by atoms with Gasteiger partial charge in [-0.25, -0.2) is 4.99 Å². The van der Waals surface area contributed by atoms with Crippen LogP contribution in [-0.4, -0.2) is 10.5 Å². The van der Waals surface area contributed by atoms with Crippen LogP contribution in [0.5, 0.6) is 5.75 Å². The van der Waals surface area contributed by atoms with Crippen LogP contribution in [-0.2, 0) is 11.4 Å². The van der Waals surface area contributed by atoms with E-state index < -0.39 is 6.04 Å². The number of ether oxygens (including phenoxy) is 1. The smallest absolute Gasteiger partial charge is 0.271 e. The van der Waals surface area contributed by atoms with E-state index in [4.69, 9.17) is 21.3 Å². The molecular formula is C32H24ClN3O3S2. The lowest BCUT2D eigenvalue weighted by Gasteiger charge is -2.24. The summed E-state index contributed by atoms with van der Waals surface area (Å²) in [5, 5.41) is 5.60. The number of benzene rings is 3. The van der Waals surface area contributed by atoms with E-state index in [0.29, 0.717) is 37.9 Å². The van der Waals surface area contributed by atoms with E-state index in [1.807, 2.05) is 109 Å². The Morgan fingerprint density at radius 1 is 1.02 bits per heavy atom. The molecule has 0 aliphatic carbocycles. The van der Waals surface area contributed by atoms with Gasteiger partial charge in [-0.05, 0) is 72.0 Å². The van der Waals surface area contributed by atoms with Crippen molar-refractivity contribution >= 4 is 51.9 Å². The van der Waals surface area contributed by atoms with Gasteiger partial charge in [0.25, 0.3) is 11.5 Å². The number of hydrogen-bond acceptors (Lipinski definition) is 6. The van der Waals surface area contributed by atoms with Crippen molar-refractivity contribution in [1.82, 2.24) is 4.57 Å². The third-order valence-electron chi connectivity index (χ3n) is 6.61. The zero-order valence-electron chi connectivity index (χ0n) is 21.9. The van der Waals surface area contributed by atoms with Crippen LogP contribution in [0.2, 0.25) is 5.02 Å². The quantitative estimate of drug-likeness (QED) is 0.244. The molecule has 0 saturated carbocycles. The Kier molecular flexibility index (Phi) is 7.69. The van der Waals surface area contributed by atoms with Gasteiger partial charge in [0, 0.05) is 15.6 Å². The van der Waals surface area contributed by atoms with Crippen LogP contribution in [0, 0.1) is 0 Å². The lowest BCUT2D eigenvalue weighted by atomic mass is 10.0. The molecule has 0 radical (unpaired) electrons. The van der Waals surface area contributed by atoms with Gasteiger partial charge in [-0.1, -0.05) is 71.5 Å². The van der Waals surface area contributed by atoms with Crippen LogP contribution < -0.4 is 24.9 Å². The number of amides is 1. The molecule has 3 heterocycles. The molecule has 0 saturated heterocycles. The maximum absolute atomic E-state index is 13.8. The second-order valence-electron chi connectivity index (χ2n) is 9.40. The van der Waals surface area contributed by atoms with Crippen LogP contribution in [0.25, 0.3) is 6.08 Å². The molecule has 0 fully saturated rings. The second-order valence-corrected chi connectivity index (χ2v) is 11.8. The molecule has 0 spiro atoms. The molecule has 1 aliphatic rings. The Labute approximate surface area is 249 Å². The molecule has 6 nitrogen and oxygen atoms in total. The molecular weight excluding hydrogens is 574 g/mol. The number of carbonyl (C=O) groups excluding carboxylic acids is 1. The minimum atomic E-state index is -0.569. The molecule has 9 heteroatoms. The van der Waals surface area contributed by atoms with Gasteiger partial charge in [0.05, 0.1) is 15.8 Å². The normalized spacial score (nSPS) is 14.9. The minimum absolute atomic E-state index is 0.187. The molecule has 1 unspecified atom stereocenters. The SMILES string of the molecule is CC1=C(C(=O)Nc2ccccc2)C(c2cccs2)n2c(s/c(=C\c3ccc(OCc4ccc(Cl)cc4)cc3)c2=O)=N1. The Bertz CT molecular complexity index is 1910. The monoisotopic (exact) mass is 597 g/mol. The standard InChI is InChI=1S/C32H24ClN3O3S2/c1-20-28(30(37)35-24-6-3-2-4-7-24)29(26-8-5-17-40-26)36-31(38)27(41-32(36)34-20)18-21-11-15-25(16-12-21)39-19-22-9-13-23(33)14-10-22/h2-18,29H,19H2,1H3,(H,35,37)/b27-18-. The number of para-hydroxylation sites is 1. The van der Waals surface area contributed by atoms with Crippen molar-refractivity contribution < 1.29 is 9.53 Å². The molecule has 5 aromatic rings. The van der Waals surface area contributed by atoms with Gasteiger partial charge < -0.3 is 10.1 Å². The fraction of sp³-hybridized carbons (Fsp3) is 0.0938. The summed E-state index contributed by atoms with van der Waals surface area (Å²) in [5.74, 6) is 0.445. The summed E-state index contributed by atoms with van der Waals surface area (Å²) in [6.45, 7) is 2.25. The van der Waals surface area contributed by atoms with E-state index in [9.17, 15) is 9.59 Å². The fourth-order valence-corrected chi connectivity index (χ4v) is 6.60. The highest BCUT2D eigenvalue weighted by atomic mass is 35.5. The molecule has 2 aromatic heterocycles. The molecule has 0 bridgehead atoms. The predicted molar refractivity (Wildman–Crippen MR) is 165 cm³/mol. The van der Waals surface area contributed by atoms with Gasteiger partial charge in [0.1, 0.15) is 18.4 Å². The number of thiazole rings is 1. The van der Waals surface area contributed by atoms with E-state index in [0.717, 1.165) is 21.8 Å². The number of thiophene rings is 1. The average molecular weight is 598 g/mol. The Morgan fingerprint density at radius 2 is 1.78 bits per heavy atom. The Hall–Kier alpha value is -4.24. The van der Waals surface area contributed by atoms with Crippen molar-refractivity contribution in [3.05, 3.63) is 148 Å². The maximum atomic E-state index is 13.8. The lowest BCUT2D eigenvalue weighted by molar-refractivity contribution is -0.113. The second kappa shape index (κ2) is 11.7. The summed E-state index contributed by atoms with van der Waals surface area (Å²) in [4.78, 5) is 33.5. The van der Waals surface area contributed by atoms with Crippen molar-refractivity contribution in [3.63, 3.8) is 0 Å². The van der Waals surface area contributed by atoms with Crippen molar-refractivity contribution in [3.8, 4) is 5.75 Å². The summed E-state index contributed by atoms with van der Waals surface area (Å²) in [7, 11) is 0. The molecule has 204 valence electrons. The van der Waals surface area contributed by atoms with E-state index in [1.54, 1.807) is 4.57 Å². The van der Waals surface area contributed by atoms with Crippen LogP contribution in [0.4, 0.5) is 5.69 Å². The number of carbonyl (C=O) groups is 1. The first-order valence-electron chi connectivity index (χ1n) is 12.9. The zero-order chi connectivity index (χ0) is 28.3. The largest absolute Gasteiger partial charge is 0.489 e. The van der Waals surface area contributed by atoms with Crippen molar-refractivity contribution in [2.45, 2.75) is 19.6 Å². The number of aromatic nitrogens is 1. The molecule has 6 rings (SSSR count). The summed E-state index contributed by atoms with van der Waals surface area (Å²) in [6, 6.07) is 27.7. The maximum Gasteiger partial charge on any atom is 0.271 e. The van der Waals surface area contributed by atoms with Gasteiger partial charge in [0.15, 0.2) is 4.80 Å². The van der Waals surface area contributed by atoms with Crippen molar-refractivity contribution in [2.75, 3.05) is 5.32 Å². The van der Waals surface area contributed by atoms with Gasteiger partial charge in [0.2, 0.25) is 0 Å². The van der Waals surface area contributed by atoms with Gasteiger partial charge >= 0.3 is 0 Å². The molecule has 1 aliphatic heterocycles. The molecule has 3 aromatic carbocycles. The first kappa shape index (κ1) is 27.0. The fourth-order valence-electron chi connectivity index (χ4n) is 4.61. The summed E-state index contributed by atoms with van der Waals surface area (Å²) >= 11 is 8.78. The Morgan fingerprint density at radius 3 is 2.49 bits per heavy atom. The van der Waals surface area contributed by atoms with Crippen molar-refractivity contribution in [2.24, 2.45) is 4.99 Å². The minimum Gasteiger partial charge on any atom is -0.489 e. The highest BCUT2D eigenvalue weighted by Gasteiger charge is 2.33. The first-order valence-corrected chi connectivity index (χ1v) is 14.9. The molecule has 1 atom stereocenters. The number of rotatable bonds is 7. The van der Waals surface area contributed by atoms with E-state index in [2.05, 4.69) is 5.32 Å². The van der Waals surface area contributed by atoms with Gasteiger partial charge in [-0.3, -0.25) is 14.2 Å². The summed E-state index contributed by atoms with van der Waals surface area (Å²) in [6.07, 6.45) is 1.85. The number of anilines is 1. The summed E-state index contributed by atoms with van der Waals surface area (Å²) < 4.78 is 8.07. The highest BCUT2D eigenvalue weighted by molar-refractivity contribution is 7.10. The van der Waals surface area contributed by atoms with Crippen LogP contribution in [0.3, 0.4) is 0 Å². The van der Waals surface area contributed by atoms with Crippen LogP contribution in [0.15, 0.2) is 117 Å². The highest BCUT2D eigenvalue weighted by Crippen LogP contribution is 2.33. The van der Waals surface area contributed by atoms with E-state index in [1.165, 1.54) is 22.7 Å². The molecule has 1 N–H and O–H groups in total. The predicted octanol–water partition coefficient (Wildman–Crippen LogP) is 6.17. The van der Waals surface area contributed by atoms with Crippen LogP contribution >= 0.6 is 34.3 Å². The van der Waals surface area contributed by atoms with Gasteiger partial charge in [-0.2, -0.15) is 0 Å². The number of nitrogens with one attached hydrogen (secondary N) is 1. The number of hydrogen-bond donors (Lipinski definition) is 1. The average Bonchev–Trinajstić information content (AvgIpc) is 3.62. The number of allylic oxidation sites excluding steroid dienone is 1.